The molecule has 2 N–H and O–H groups in total. The van der Waals surface area contributed by atoms with Crippen LogP contribution in [-0.2, 0) is 6.42 Å². The van der Waals surface area contributed by atoms with Crippen LogP contribution in [-0.4, -0.2) is 11.1 Å². The number of hydrogen-bond donors (Lipinski definition) is 2. The molecule has 2 aliphatic carbocycles. The zero-order valence-electron chi connectivity index (χ0n) is 10.7. The molecule has 0 radical (unpaired) electrons. The maximum atomic E-state index is 9.67. The van der Waals surface area contributed by atoms with Crippen molar-refractivity contribution in [3.05, 3.63) is 41.5 Å². The number of hydrogen-bond acceptors (Lipinski definition) is 2. The van der Waals surface area contributed by atoms with E-state index in [1.54, 1.807) is 0 Å². The number of phenolic OH excluding ortho intramolecular Hbond substituents is 1. The van der Waals surface area contributed by atoms with Crippen molar-refractivity contribution >= 4 is 0 Å². The molecule has 0 spiro atoms. The topological polar surface area (TPSA) is 32.3 Å². The molecule has 0 amide bonds. The number of fused-ring (bicyclic) bond motifs is 1. The van der Waals surface area contributed by atoms with Gasteiger partial charge >= 0.3 is 0 Å². The van der Waals surface area contributed by atoms with E-state index >= 15 is 0 Å². The summed E-state index contributed by atoms with van der Waals surface area (Å²) in [4.78, 5) is 0. The van der Waals surface area contributed by atoms with Crippen LogP contribution in [0.25, 0.3) is 0 Å². The Morgan fingerprint density at radius 3 is 2.94 bits per heavy atom. The van der Waals surface area contributed by atoms with Gasteiger partial charge in [0.2, 0.25) is 0 Å². The first kappa shape index (κ1) is 11.8. The first-order chi connectivity index (χ1) is 8.83. The second kappa shape index (κ2) is 5.15. The molecule has 1 aromatic rings. The van der Waals surface area contributed by atoms with Crippen molar-refractivity contribution in [2.75, 3.05) is 0 Å². The minimum absolute atomic E-state index is 0.394. The maximum Gasteiger partial charge on any atom is 0.115 e. The Hall–Kier alpha value is -1.28. The van der Waals surface area contributed by atoms with E-state index in [1.165, 1.54) is 36.8 Å². The van der Waals surface area contributed by atoms with Crippen LogP contribution in [0.1, 0.15) is 49.3 Å². The third kappa shape index (κ3) is 2.44. The molecule has 0 aliphatic heterocycles. The summed E-state index contributed by atoms with van der Waals surface area (Å²) in [5, 5.41) is 13.5. The van der Waals surface area contributed by atoms with Crippen molar-refractivity contribution in [3.63, 3.8) is 0 Å². The Labute approximate surface area is 109 Å². The lowest BCUT2D eigenvalue weighted by Crippen LogP contribution is -2.35. The molecule has 0 saturated heterocycles. The van der Waals surface area contributed by atoms with Gasteiger partial charge in [0.05, 0.1) is 0 Å². The average Bonchev–Trinajstić information content (AvgIpc) is 2.41. The summed E-state index contributed by atoms with van der Waals surface area (Å²) < 4.78 is 0. The molecular formula is C16H21NO. The van der Waals surface area contributed by atoms with Gasteiger partial charge < -0.3 is 10.4 Å². The predicted octanol–water partition coefficient (Wildman–Crippen LogP) is 3.47. The first-order valence-electron chi connectivity index (χ1n) is 7.06. The Morgan fingerprint density at radius 2 is 2.11 bits per heavy atom. The van der Waals surface area contributed by atoms with E-state index in [0.29, 0.717) is 17.8 Å². The second-order valence-electron chi connectivity index (χ2n) is 5.48. The Morgan fingerprint density at radius 1 is 1.17 bits per heavy atom. The predicted molar refractivity (Wildman–Crippen MR) is 73.7 cm³/mol. The smallest absolute Gasteiger partial charge is 0.115 e. The van der Waals surface area contributed by atoms with Gasteiger partial charge in [0, 0.05) is 12.1 Å². The number of aryl methyl sites for hydroxylation is 1. The van der Waals surface area contributed by atoms with Gasteiger partial charge in [-0.1, -0.05) is 18.2 Å². The monoisotopic (exact) mass is 243 g/mol. The SMILES string of the molecule is Oc1ccc2c(c1)C(NC1CC=CCC1)CCC2. The van der Waals surface area contributed by atoms with Gasteiger partial charge in [-0.15, -0.1) is 0 Å². The van der Waals surface area contributed by atoms with Crippen LogP contribution >= 0.6 is 0 Å². The van der Waals surface area contributed by atoms with Crippen LogP contribution in [0.4, 0.5) is 0 Å². The molecule has 2 atom stereocenters. The quantitative estimate of drug-likeness (QED) is 0.780. The van der Waals surface area contributed by atoms with E-state index in [1.807, 2.05) is 12.1 Å². The molecule has 0 fully saturated rings. The Balaban J connectivity index is 1.78. The van der Waals surface area contributed by atoms with Gasteiger partial charge in [-0.05, 0) is 61.8 Å². The van der Waals surface area contributed by atoms with Crippen molar-refractivity contribution < 1.29 is 5.11 Å². The second-order valence-corrected chi connectivity index (χ2v) is 5.48. The maximum absolute atomic E-state index is 9.67. The highest BCUT2D eigenvalue weighted by Gasteiger charge is 2.23. The standard InChI is InChI=1S/C16H21NO/c18-14-10-9-12-5-4-8-16(15(12)11-14)17-13-6-2-1-3-7-13/h1-2,9-11,13,16-18H,3-8H2. The average molecular weight is 243 g/mol. The van der Waals surface area contributed by atoms with Crippen molar-refractivity contribution in [2.24, 2.45) is 0 Å². The van der Waals surface area contributed by atoms with Crippen LogP contribution < -0.4 is 5.32 Å². The van der Waals surface area contributed by atoms with Gasteiger partial charge in [-0.3, -0.25) is 0 Å². The third-order valence-electron chi connectivity index (χ3n) is 4.15. The van der Waals surface area contributed by atoms with Crippen LogP contribution in [0.15, 0.2) is 30.4 Å². The van der Waals surface area contributed by atoms with E-state index < -0.39 is 0 Å². The molecule has 0 heterocycles. The highest BCUT2D eigenvalue weighted by Crippen LogP contribution is 2.33. The lowest BCUT2D eigenvalue weighted by atomic mass is 9.86. The molecule has 2 aliphatic rings. The van der Waals surface area contributed by atoms with Crippen LogP contribution in [0, 0.1) is 0 Å². The van der Waals surface area contributed by atoms with E-state index in [4.69, 9.17) is 0 Å². The molecule has 96 valence electrons. The van der Waals surface area contributed by atoms with Gasteiger partial charge in [-0.2, -0.15) is 0 Å². The van der Waals surface area contributed by atoms with Crippen molar-refractivity contribution in [1.29, 1.82) is 0 Å². The number of aromatic hydroxyl groups is 1. The van der Waals surface area contributed by atoms with Gasteiger partial charge in [0.25, 0.3) is 0 Å². The van der Waals surface area contributed by atoms with E-state index in [-0.39, 0.29) is 0 Å². The lowest BCUT2D eigenvalue weighted by Gasteiger charge is -2.31. The summed E-state index contributed by atoms with van der Waals surface area (Å²) in [5.74, 6) is 0.394. The number of benzene rings is 1. The molecule has 0 bridgehead atoms. The number of nitrogens with one attached hydrogen (secondary N) is 1. The highest BCUT2D eigenvalue weighted by molar-refractivity contribution is 5.38. The number of allylic oxidation sites excluding steroid dienone is 1. The van der Waals surface area contributed by atoms with Crippen LogP contribution in [0.5, 0.6) is 5.75 Å². The van der Waals surface area contributed by atoms with Crippen molar-refractivity contribution in [1.82, 2.24) is 5.32 Å². The summed E-state index contributed by atoms with van der Waals surface area (Å²) in [6, 6.07) is 6.87. The molecule has 2 heteroatoms. The lowest BCUT2D eigenvalue weighted by molar-refractivity contribution is 0.374. The Bertz CT molecular complexity index is 452. The summed E-state index contributed by atoms with van der Waals surface area (Å²) in [6.45, 7) is 0. The zero-order chi connectivity index (χ0) is 12.4. The summed E-state index contributed by atoms with van der Waals surface area (Å²) in [5.41, 5.74) is 2.72. The zero-order valence-corrected chi connectivity index (χ0v) is 10.7. The largest absolute Gasteiger partial charge is 0.508 e. The molecule has 2 unspecified atom stereocenters. The summed E-state index contributed by atoms with van der Waals surface area (Å²) in [6.07, 6.45) is 11.7. The van der Waals surface area contributed by atoms with Crippen molar-refractivity contribution in [2.45, 2.75) is 50.6 Å². The normalized spacial score (nSPS) is 26.9. The van der Waals surface area contributed by atoms with Crippen LogP contribution in [0.3, 0.4) is 0 Å². The summed E-state index contributed by atoms with van der Waals surface area (Å²) in [7, 11) is 0. The minimum atomic E-state index is 0.394. The fraction of sp³-hybridized carbons (Fsp3) is 0.500. The molecule has 1 aromatic carbocycles. The fourth-order valence-electron chi connectivity index (χ4n) is 3.19. The highest BCUT2D eigenvalue weighted by atomic mass is 16.3. The molecular weight excluding hydrogens is 222 g/mol. The van der Waals surface area contributed by atoms with Gasteiger partial charge in [-0.25, -0.2) is 0 Å². The third-order valence-corrected chi connectivity index (χ3v) is 4.15. The van der Waals surface area contributed by atoms with Crippen molar-refractivity contribution in [3.8, 4) is 5.75 Å². The Kier molecular flexibility index (Phi) is 3.37. The van der Waals surface area contributed by atoms with Gasteiger partial charge in [0.15, 0.2) is 0 Å². The number of phenols is 1. The first-order valence-corrected chi connectivity index (χ1v) is 7.06. The molecule has 3 rings (SSSR count). The van der Waals surface area contributed by atoms with Crippen LogP contribution in [0.2, 0.25) is 0 Å². The van der Waals surface area contributed by atoms with Gasteiger partial charge in [0.1, 0.15) is 5.75 Å². The van der Waals surface area contributed by atoms with E-state index in [2.05, 4.69) is 23.5 Å². The minimum Gasteiger partial charge on any atom is -0.508 e. The molecule has 2 nitrogen and oxygen atoms in total. The molecule has 0 aromatic heterocycles. The summed E-state index contributed by atoms with van der Waals surface area (Å²) >= 11 is 0. The molecule has 18 heavy (non-hydrogen) atoms. The fourth-order valence-corrected chi connectivity index (χ4v) is 3.19. The van der Waals surface area contributed by atoms with E-state index in [0.717, 1.165) is 12.8 Å². The molecule has 0 saturated carbocycles. The number of rotatable bonds is 2. The van der Waals surface area contributed by atoms with E-state index in [9.17, 15) is 5.11 Å².